The van der Waals surface area contributed by atoms with Crippen molar-refractivity contribution in [1.29, 1.82) is 0 Å². The molecular weight excluding hydrogens is 427 g/mol. The summed E-state index contributed by atoms with van der Waals surface area (Å²) in [5.41, 5.74) is 1.30. The lowest BCUT2D eigenvalue weighted by Crippen LogP contribution is -2.41. The van der Waals surface area contributed by atoms with Crippen molar-refractivity contribution in [3.8, 4) is 11.5 Å². The third kappa shape index (κ3) is 4.63. The zero-order valence-electron chi connectivity index (χ0n) is 15.8. The first-order chi connectivity index (χ1) is 14.5. The number of carbonyl (C=O) groups is 2. The van der Waals surface area contributed by atoms with Gasteiger partial charge in [0.1, 0.15) is 0 Å². The SMILES string of the molecule is O=C(Nc1nnc(-c2ccc(Cl)cc2)o1)C1CCN(C(=O)c2ccc(Cl)cc2)CC1. The second-order valence-electron chi connectivity index (χ2n) is 6.98. The maximum absolute atomic E-state index is 12.6. The van der Waals surface area contributed by atoms with Crippen LogP contribution in [0.15, 0.2) is 52.9 Å². The van der Waals surface area contributed by atoms with E-state index in [2.05, 4.69) is 15.5 Å². The molecule has 154 valence electrons. The average Bonchev–Trinajstić information content (AvgIpc) is 3.23. The molecule has 1 aliphatic heterocycles. The monoisotopic (exact) mass is 444 g/mol. The fourth-order valence-corrected chi connectivity index (χ4v) is 3.56. The minimum absolute atomic E-state index is 0.0459. The van der Waals surface area contributed by atoms with Crippen molar-refractivity contribution in [1.82, 2.24) is 15.1 Å². The van der Waals surface area contributed by atoms with Gasteiger partial charge in [-0.1, -0.05) is 28.3 Å². The molecule has 2 aromatic carbocycles. The summed E-state index contributed by atoms with van der Waals surface area (Å²) in [5.74, 6) is -0.189. The summed E-state index contributed by atoms with van der Waals surface area (Å²) in [5, 5.41) is 11.7. The predicted molar refractivity (Wildman–Crippen MR) is 113 cm³/mol. The lowest BCUT2D eigenvalue weighted by molar-refractivity contribution is -0.121. The topological polar surface area (TPSA) is 88.3 Å². The van der Waals surface area contributed by atoms with Crippen LogP contribution in [0.1, 0.15) is 23.2 Å². The number of hydrogen-bond acceptors (Lipinski definition) is 5. The lowest BCUT2D eigenvalue weighted by Gasteiger charge is -2.31. The molecule has 0 atom stereocenters. The summed E-state index contributed by atoms with van der Waals surface area (Å²) in [4.78, 5) is 26.9. The number of amides is 2. The van der Waals surface area contributed by atoms with Crippen LogP contribution in [0.4, 0.5) is 6.01 Å². The first kappa shape index (κ1) is 20.4. The van der Waals surface area contributed by atoms with E-state index in [9.17, 15) is 9.59 Å². The van der Waals surface area contributed by atoms with Crippen molar-refractivity contribution in [2.75, 3.05) is 18.4 Å². The van der Waals surface area contributed by atoms with Crippen LogP contribution >= 0.6 is 23.2 Å². The highest BCUT2D eigenvalue weighted by molar-refractivity contribution is 6.30. The molecule has 7 nitrogen and oxygen atoms in total. The molecule has 30 heavy (non-hydrogen) atoms. The highest BCUT2D eigenvalue weighted by Gasteiger charge is 2.28. The standard InChI is InChI=1S/C21H18Cl2N4O3/c22-16-5-1-14(2-6-16)19-25-26-21(30-19)24-18(28)13-9-11-27(12-10-13)20(29)15-3-7-17(23)8-4-15/h1-8,13H,9-12H2,(H,24,26,28). The molecule has 1 fully saturated rings. The molecule has 1 N–H and O–H groups in total. The van der Waals surface area contributed by atoms with Gasteiger partial charge in [0.2, 0.25) is 11.8 Å². The Hall–Kier alpha value is -2.90. The van der Waals surface area contributed by atoms with E-state index in [1.54, 1.807) is 53.4 Å². The van der Waals surface area contributed by atoms with E-state index in [0.717, 1.165) is 0 Å². The normalized spacial score (nSPS) is 14.5. The van der Waals surface area contributed by atoms with Crippen molar-refractivity contribution in [2.45, 2.75) is 12.8 Å². The van der Waals surface area contributed by atoms with Gasteiger partial charge in [-0.25, -0.2) is 0 Å². The third-order valence-electron chi connectivity index (χ3n) is 4.99. The Morgan fingerprint density at radius 3 is 2.17 bits per heavy atom. The highest BCUT2D eigenvalue weighted by atomic mass is 35.5. The van der Waals surface area contributed by atoms with E-state index in [0.29, 0.717) is 53.0 Å². The summed E-state index contributed by atoms with van der Waals surface area (Å²) >= 11 is 11.7. The molecule has 0 saturated carbocycles. The fraction of sp³-hybridized carbons (Fsp3) is 0.238. The Kier molecular flexibility index (Phi) is 6.01. The van der Waals surface area contributed by atoms with E-state index in [4.69, 9.17) is 27.6 Å². The molecule has 9 heteroatoms. The van der Waals surface area contributed by atoms with Crippen LogP contribution < -0.4 is 5.32 Å². The van der Waals surface area contributed by atoms with Crippen molar-refractivity contribution >= 4 is 41.0 Å². The molecule has 0 bridgehead atoms. The summed E-state index contributed by atoms with van der Waals surface area (Å²) in [6.07, 6.45) is 1.12. The minimum atomic E-state index is -0.231. The van der Waals surface area contributed by atoms with Gasteiger partial charge in [0.15, 0.2) is 0 Å². The molecule has 0 radical (unpaired) electrons. The van der Waals surface area contributed by atoms with E-state index in [1.165, 1.54) is 0 Å². The van der Waals surface area contributed by atoms with Crippen LogP contribution in [0.25, 0.3) is 11.5 Å². The van der Waals surface area contributed by atoms with Gasteiger partial charge in [-0.3, -0.25) is 14.9 Å². The number of rotatable bonds is 4. The van der Waals surface area contributed by atoms with Crippen molar-refractivity contribution in [2.24, 2.45) is 5.92 Å². The molecular formula is C21H18Cl2N4O3. The summed E-state index contributed by atoms with van der Waals surface area (Å²) in [6.45, 7) is 0.999. The quantitative estimate of drug-likeness (QED) is 0.638. The van der Waals surface area contributed by atoms with Gasteiger partial charge in [0.25, 0.3) is 5.91 Å². The Morgan fingerprint density at radius 2 is 1.53 bits per heavy atom. The molecule has 4 rings (SSSR count). The van der Waals surface area contributed by atoms with Crippen LogP contribution in [0.3, 0.4) is 0 Å². The Balaban J connectivity index is 1.32. The second-order valence-corrected chi connectivity index (χ2v) is 7.85. The van der Waals surface area contributed by atoms with E-state index in [-0.39, 0.29) is 23.7 Å². The maximum Gasteiger partial charge on any atom is 0.322 e. The molecule has 1 saturated heterocycles. The molecule has 0 aliphatic carbocycles. The van der Waals surface area contributed by atoms with E-state index < -0.39 is 0 Å². The summed E-state index contributed by atoms with van der Waals surface area (Å²) in [6, 6.07) is 13.8. The minimum Gasteiger partial charge on any atom is -0.403 e. The number of likely N-dealkylation sites (tertiary alicyclic amines) is 1. The van der Waals surface area contributed by atoms with Crippen molar-refractivity contribution < 1.29 is 14.0 Å². The second kappa shape index (κ2) is 8.85. The Bertz CT molecular complexity index is 1040. The number of anilines is 1. The average molecular weight is 445 g/mol. The number of carbonyl (C=O) groups excluding carboxylic acids is 2. The number of piperidine rings is 1. The summed E-state index contributed by atoms with van der Waals surface area (Å²) < 4.78 is 5.53. The number of aromatic nitrogens is 2. The third-order valence-corrected chi connectivity index (χ3v) is 5.49. The van der Waals surface area contributed by atoms with Crippen LogP contribution in [-0.2, 0) is 4.79 Å². The first-order valence-corrected chi connectivity index (χ1v) is 10.2. The van der Waals surface area contributed by atoms with Crippen molar-refractivity contribution in [3.05, 3.63) is 64.1 Å². The van der Waals surface area contributed by atoms with Gasteiger partial charge in [0.05, 0.1) is 0 Å². The number of nitrogens with zero attached hydrogens (tertiary/aromatic N) is 3. The van der Waals surface area contributed by atoms with E-state index >= 15 is 0 Å². The first-order valence-electron chi connectivity index (χ1n) is 9.45. The zero-order valence-corrected chi connectivity index (χ0v) is 17.4. The van der Waals surface area contributed by atoms with Gasteiger partial charge in [-0.15, -0.1) is 5.10 Å². The van der Waals surface area contributed by atoms with Gasteiger partial charge < -0.3 is 9.32 Å². The number of benzene rings is 2. The van der Waals surface area contributed by atoms with Gasteiger partial charge >= 0.3 is 6.01 Å². The van der Waals surface area contributed by atoms with Gasteiger partial charge in [0, 0.05) is 40.2 Å². The van der Waals surface area contributed by atoms with Crippen LogP contribution in [0, 0.1) is 5.92 Å². The van der Waals surface area contributed by atoms with Gasteiger partial charge in [-0.2, -0.15) is 0 Å². The molecule has 1 aliphatic rings. The molecule has 3 aromatic rings. The lowest BCUT2D eigenvalue weighted by atomic mass is 9.95. The zero-order chi connectivity index (χ0) is 21.1. The molecule has 2 heterocycles. The smallest absolute Gasteiger partial charge is 0.322 e. The van der Waals surface area contributed by atoms with Crippen LogP contribution in [0.5, 0.6) is 0 Å². The predicted octanol–water partition coefficient (Wildman–Crippen LogP) is 4.53. The molecule has 2 amide bonds. The Morgan fingerprint density at radius 1 is 0.933 bits per heavy atom. The highest BCUT2D eigenvalue weighted by Crippen LogP contribution is 2.24. The van der Waals surface area contributed by atoms with Crippen molar-refractivity contribution in [3.63, 3.8) is 0 Å². The molecule has 0 unspecified atom stereocenters. The van der Waals surface area contributed by atoms with E-state index in [1.807, 2.05) is 0 Å². The number of halogens is 2. The van der Waals surface area contributed by atoms with Crippen LogP contribution in [-0.4, -0.2) is 40.0 Å². The number of nitrogens with one attached hydrogen (secondary N) is 1. The fourth-order valence-electron chi connectivity index (χ4n) is 3.31. The van der Waals surface area contributed by atoms with Gasteiger partial charge in [-0.05, 0) is 61.4 Å². The molecule has 0 spiro atoms. The molecule has 1 aromatic heterocycles. The Labute approximate surface area is 183 Å². The number of hydrogen-bond donors (Lipinski definition) is 1. The summed E-state index contributed by atoms with van der Waals surface area (Å²) in [7, 11) is 0. The largest absolute Gasteiger partial charge is 0.403 e. The maximum atomic E-state index is 12.6. The van der Waals surface area contributed by atoms with Crippen LogP contribution in [0.2, 0.25) is 10.0 Å².